The Hall–Kier alpha value is -2.99. The molecule has 2 aromatic carbocycles. The summed E-state index contributed by atoms with van der Waals surface area (Å²) in [6.07, 6.45) is 2.34. The maximum Gasteiger partial charge on any atom is 0.355 e. The number of carbonyl (C=O) groups is 1. The van der Waals surface area contributed by atoms with Crippen molar-refractivity contribution in [3.05, 3.63) is 54.4 Å². The fourth-order valence-corrected chi connectivity index (χ4v) is 2.80. The fourth-order valence-electron chi connectivity index (χ4n) is 2.80. The summed E-state index contributed by atoms with van der Waals surface area (Å²) < 4.78 is 5.51. The molecule has 0 aliphatic rings. The van der Waals surface area contributed by atoms with Gasteiger partial charge in [-0.1, -0.05) is 42.5 Å². The molecule has 0 atom stereocenters. The number of rotatable bonds is 7. The van der Waals surface area contributed by atoms with Crippen LogP contribution < -0.4 is 4.74 Å². The molecule has 0 unspecified atom stereocenters. The number of nitrogens with zero attached hydrogens (tertiary/aromatic N) is 3. The van der Waals surface area contributed by atoms with E-state index in [4.69, 9.17) is 4.74 Å². The third-order valence-corrected chi connectivity index (χ3v) is 4.03. The van der Waals surface area contributed by atoms with E-state index in [1.165, 1.54) is 6.20 Å². The molecular weight excluding hydrogens is 330 g/mol. The molecule has 1 aromatic heterocycles. The van der Waals surface area contributed by atoms with E-state index in [1.54, 1.807) is 0 Å². The van der Waals surface area contributed by atoms with Gasteiger partial charge < -0.3 is 14.7 Å². The average molecular weight is 351 g/mol. The van der Waals surface area contributed by atoms with Crippen LogP contribution in [0.2, 0.25) is 0 Å². The standard InChI is InChI=1S/C20H21N3O3/c1-23(2)11-6-12-26-20-21-13-17(18(22-20)19(24)25)16-10-5-8-14-7-3-4-9-15(14)16/h3-5,7-10,13H,6,11-12H2,1-2H3,(H,24,25). The number of ether oxygens (including phenoxy) is 1. The summed E-state index contributed by atoms with van der Waals surface area (Å²) in [5.41, 5.74) is 1.22. The van der Waals surface area contributed by atoms with Gasteiger partial charge in [-0.2, -0.15) is 4.98 Å². The number of aromatic nitrogens is 2. The van der Waals surface area contributed by atoms with Crippen LogP contribution in [0.3, 0.4) is 0 Å². The molecule has 0 aliphatic heterocycles. The van der Waals surface area contributed by atoms with Gasteiger partial charge in [0.2, 0.25) is 0 Å². The van der Waals surface area contributed by atoms with Crippen molar-refractivity contribution in [2.24, 2.45) is 0 Å². The minimum atomic E-state index is -1.10. The molecule has 0 fully saturated rings. The van der Waals surface area contributed by atoms with Gasteiger partial charge in [0.25, 0.3) is 0 Å². The van der Waals surface area contributed by atoms with Crippen molar-refractivity contribution in [2.75, 3.05) is 27.2 Å². The van der Waals surface area contributed by atoms with Gasteiger partial charge in [0.05, 0.1) is 6.61 Å². The van der Waals surface area contributed by atoms with Crippen molar-refractivity contribution >= 4 is 16.7 Å². The highest BCUT2D eigenvalue weighted by molar-refractivity contribution is 6.02. The van der Waals surface area contributed by atoms with E-state index in [9.17, 15) is 9.90 Å². The van der Waals surface area contributed by atoms with Crippen molar-refractivity contribution in [1.82, 2.24) is 14.9 Å². The quantitative estimate of drug-likeness (QED) is 0.658. The van der Waals surface area contributed by atoms with E-state index < -0.39 is 5.97 Å². The molecule has 0 radical (unpaired) electrons. The van der Waals surface area contributed by atoms with Gasteiger partial charge >= 0.3 is 12.0 Å². The van der Waals surface area contributed by atoms with E-state index in [1.807, 2.05) is 56.6 Å². The van der Waals surface area contributed by atoms with Crippen LogP contribution in [0.15, 0.2) is 48.7 Å². The first-order chi connectivity index (χ1) is 12.6. The van der Waals surface area contributed by atoms with Gasteiger partial charge in [-0.25, -0.2) is 9.78 Å². The zero-order valence-corrected chi connectivity index (χ0v) is 14.8. The van der Waals surface area contributed by atoms with E-state index in [2.05, 4.69) is 14.9 Å². The molecule has 6 heteroatoms. The van der Waals surface area contributed by atoms with Gasteiger partial charge in [-0.05, 0) is 36.9 Å². The predicted octanol–water partition coefficient (Wildman–Crippen LogP) is 3.33. The summed E-state index contributed by atoms with van der Waals surface area (Å²) in [4.78, 5) is 22.1. The lowest BCUT2D eigenvalue weighted by Crippen LogP contribution is -2.16. The minimum Gasteiger partial charge on any atom is -0.476 e. The lowest BCUT2D eigenvalue weighted by molar-refractivity contribution is 0.0689. The van der Waals surface area contributed by atoms with Gasteiger partial charge in [0.15, 0.2) is 5.69 Å². The highest BCUT2D eigenvalue weighted by atomic mass is 16.5. The molecule has 0 bridgehead atoms. The third-order valence-electron chi connectivity index (χ3n) is 4.03. The molecular formula is C20H21N3O3. The first-order valence-corrected chi connectivity index (χ1v) is 8.42. The summed E-state index contributed by atoms with van der Waals surface area (Å²) in [5.74, 6) is -1.10. The van der Waals surface area contributed by atoms with E-state index in [0.29, 0.717) is 12.2 Å². The Balaban J connectivity index is 1.93. The number of fused-ring (bicyclic) bond motifs is 1. The minimum absolute atomic E-state index is 0.0565. The van der Waals surface area contributed by atoms with Gasteiger partial charge in [0.1, 0.15) is 0 Å². The monoisotopic (exact) mass is 351 g/mol. The molecule has 3 aromatic rings. The van der Waals surface area contributed by atoms with Crippen LogP contribution in [-0.2, 0) is 0 Å². The molecule has 0 saturated carbocycles. The molecule has 3 rings (SSSR count). The fraction of sp³-hybridized carbons (Fsp3) is 0.250. The summed E-state index contributed by atoms with van der Waals surface area (Å²) in [6, 6.07) is 13.7. The first-order valence-electron chi connectivity index (χ1n) is 8.42. The van der Waals surface area contributed by atoms with Crippen LogP contribution in [0, 0.1) is 0 Å². The molecule has 0 saturated heterocycles. The highest BCUT2D eigenvalue weighted by Gasteiger charge is 2.18. The molecule has 1 N–H and O–H groups in total. The number of hydrogen-bond acceptors (Lipinski definition) is 5. The SMILES string of the molecule is CN(C)CCCOc1ncc(-c2cccc3ccccc23)c(C(=O)O)n1. The second kappa shape index (κ2) is 7.93. The molecule has 6 nitrogen and oxygen atoms in total. The normalized spacial score (nSPS) is 11.0. The number of carboxylic acids is 1. The van der Waals surface area contributed by atoms with Crippen molar-refractivity contribution in [1.29, 1.82) is 0 Å². The summed E-state index contributed by atoms with van der Waals surface area (Å²) in [6.45, 7) is 1.31. The van der Waals surface area contributed by atoms with Crippen LogP contribution in [0.1, 0.15) is 16.9 Å². The molecule has 1 heterocycles. The van der Waals surface area contributed by atoms with Crippen molar-refractivity contribution in [2.45, 2.75) is 6.42 Å². The predicted molar refractivity (Wildman–Crippen MR) is 101 cm³/mol. The van der Waals surface area contributed by atoms with Gasteiger partial charge in [-0.3, -0.25) is 0 Å². The van der Waals surface area contributed by atoms with Crippen molar-refractivity contribution in [3.8, 4) is 17.1 Å². The summed E-state index contributed by atoms with van der Waals surface area (Å²) >= 11 is 0. The molecule has 0 aliphatic carbocycles. The van der Waals surface area contributed by atoms with Crippen molar-refractivity contribution in [3.63, 3.8) is 0 Å². The Morgan fingerprint density at radius 3 is 2.65 bits per heavy atom. The van der Waals surface area contributed by atoms with E-state index in [-0.39, 0.29) is 11.7 Å². The van der Waals surface area contributed by atoms with Crippen molar-refractivity contribution < 1.29 is 14.6 Å². The maximum absolute atomic E-state index is 11.8. The summed E-state index contributed by atoms with van der Waals surface area (Å²) in [5, 5.41) is 11.6. The maximum atomic E-state index is 11.8. The smallest absolute Gasteiger partial charge is 0.355 e. The van der Waals surface area contributed by atoms with Gasteiger partial charge in [-0.15, -0.1) is 0 Å². The number of hydrogen-bond donors (Lipinski definition) is 1. The third kappa shape index (κ3) is 3.97. The zero-order chi connectivity index (χ0) is 18.5. The van der Waals surface area contributed by atoms with Crippen LogP contribution >= 0.6 is 0 Å². The Labute approximate surface area is 152 Å². The highest BCUT2D eigenvalue weighted by Crippen LogP contribution is 2.30. The number of carboxylic acid groups (broad SMARTS) is 1. The molecule has 0 amide bonds. The Kier molecular flexibility index (Phi) is 5.43. The second-order valence-electron chi connectivity index (χ2n) is 6.25. The summed E-state index contributed by atoms with van der Waals surface area (Å²) in [7, 11) is 3.97. The average Bonchev–Trinajstić information content (AvgIpc) is 2.64. The Bertz CT molecular complexity index is 920. The number of aromatic carboxylic acids is 1. The second-order valence-corrected chi connectivity index (χ2v) is 6.25. The lowest BCUT2D eigenvalue weighted by Gasteiger charge is -2.12. The molecule has 0 spiro atoms. The van der Waals surface area contributed by atoms with Crippen LogP contribution in [0.5, 0.6) is 6.01 Å². The number of benzene rings is 2. The van der Waals surface area contributed by atoms with Crippen LogP contribution in [0.25, 0.3) is 21.9 Å². The Morgan fingerprint density at radius 1 is 1.12 bits per heavy atom. The van der Waals surface area contributed by atoms with E-state index in [0.717, 1.165) is 29.3 Å². The van der Waals surface area contributed by atoms with E-state index >= 15 is 0 Å². The van der Waals surface area contributed by atoms with Gasteiger partial charge in [0, 0.05) is 18.3 Å². The topological polar surface area (TPSA) is 75.5 Å². The zero-order valence-electron chi connectivity index (χ0n) is 14.8. The van der Waals surface area contributed by atoms with Crippen LogP contribution in [0.4, 0.5) is 0 Å². The Morgan fingerprint density at radius 2 is 1.88 bits per heavy atom. The largest absolute Gasteiger partial charge is 0.476 e. The lowest BCUT2D eigenvalue weighted by atomic mass is 9.98. The molecule has 134 valence electrons. The first kappa shape index (κ1) is 17.8. The van der Waals surface area contributed by atoms with Crippen LogP contribution in [-0.4, -0.2) is 53.2 Å². The molecule has 26 heavy (non-hydrogen) atoms.